The zero-order valence-electron chi connectivity index (χ0n) is 15.2. The molecule has 2 fully saturated rings. The molecule has 1 aromatic carbocycles. The molecule has 2 aromatic rings. The highest BCUT2D eigenvalue weighted by molar-refractivity contribution is 5.26. The van der Waals surface area contributed by atoms with Gasteiger partial charge in [0.05, 0.1) is 17.8 Å². The molecule has 1 N–H and O–H groups in total. The number of hydrogen-bond donors (Lipinski definition) is 1. The van der Waals surface area contributed by atoms with Crippen molar-refractivity contribution in [3.05, 3.63) is 65.8 Å². The van der Waals surface area contributed by atoms with Crippen molar-refractivity contribution in [1.82, 2.24) is 14.7 Å². The minimum absolute atomic E-state index is 0.282. The lowest BCUT2D eigenvalue weighted by Gasteiger charge is -2.44. The summed E-state index contributed by atoms with van der Waals surface area (Å²) in [6, 6.07) is 7.10. The van der Waals surface area contributed by atoms with Crippen LogP contribution in [0.5, 0.6) is 0 Å². The summed E-state index contributed by atoms with van der Waals surface area (Å²) in [5.41, 5.74) is 2.08. The van der Waals surface area contributed by atoms with E-state index in [1.165, 1.54) is 17.7 Å². The maximum absolute atomic E-state index is 13.6. The lowest BCUT2D eigenvalue weighted by atomic mass is 9.80. The van der Waals surface area contributed by atoms with Crippen molar-refractivity contribution in [2.45, 2.75) is 63.4 Å². The van der Waals surface area contributed by atoms with E-state index in [1.807, 2.05) is 23.7 Å². The van der Waals surface area contributed by atoms with Gasteiger partial charge in [-0.25, -0.2) is 4.39 Å². The van der Waals surface area contributed by atoms with Crippen molar-refractivity contribution in [3.8, 4) is 0 Å². The molecule has 5 heteroatoms. The highest BCUT2D eigenvalue weighted by Gasteiger charge is 2.48. The Hall–Kier alpha value is -1.98. The Morgan fingerprint density at radius 2 is 2.08 bits per heavy atom. The molecule has 0 spiro atoms. The summed E-state index contributed by atoms with van der Waals surface area (Å²) in [7, 11) is 0. The average Bonchev–Trinajstić information content (AvgIpc) is 3.06. The quantitative estimate of drug-likeness (QED) is 0.834. The fraction of sp³-hybridized carbons (Fsp3) is 0.476. The van der Waals surface area contributed by atoms with Gasteiger partial charge in [-0.05, 0) is 50.3 Å². The number of nitrogens with zero attached hydrogens (tertiary/aromatic N) is 3. The third kappa shape index (κ3) is 3.10. The molecule has 138 valence electrons. The molecule has 0 aliphatic carbocycles. The largest absolute Gasteiger partial charge is 0.385 e. The van der Waals surface area contributed by atoms with E-state index in [-0.39, 0.29) is 5.82 Å². The summed E-state index contributed by atoms with van der Waals surface area (Å²) < 4.78 is 15.6. The Morgan fingerprint density at radius 3 is 2.73 bits per heavy atom. The van der Waals surface area contributed by atoms with Crippen LogP contribution in [0, 0.1) is 12.7 Å². The van der Waals surface area contributed by atoms with Crippen LogP contribution in [-0.4, -0.2) is 31.9 Å². The zero-order chi connectivity index (χ0) is 18.3. The van der Waals surface area contributed by atoms with Crippen LogP contribution in [0.4, 0.5) is 4.39 Å². The maximum Gasteiger partial charge on any atom is 0.123 e. The predicted molar refractivity (Wildman–Crippen MR) is 99.0 cm³/mol. The van der Waals surface area contributed by atoms with Crippen LogP contribution in [-0.2, 0) is 18.7 Å². The lowest BCUT2D eigenvalue weighted by Crippen LogP contribution is -2.49. The molecule has 0 radical (unpaired) electrons. The molecule has 26 heavy (non-hydrogen) atoms. The molecule has 1 aromatic heterocycles. The second kappa shape index (κ2) is 6.63. The van der Waals surface area contributed by atoms with Crippen molar-refractivity contribution in [2.24, 2.45) is 0 Å². The number of piperidine rings is 1. The van der Waals surface area contributed by atoms with Crippen LogP contribution in [0.1, 0.15) is 42.5 Å². The smallest absolute Gasteiger partial charge is 0.123 e. The van der Waals surface area contributed by atoms with Gasteiger partial charge >= 0.3 is 0 Å². The lowest BCUT2D eigenvalue weighted by molar-refractivity contribution is -0.0597. The summed E-state index contributed by atoms with van der Waals surface area (Å²) in [4.78, 5) is 2.51. The highest BCUT2D eigenvalue weighted by atomic mass is 19.1. The zero-order valence-corrected chi connectivity index (χ0v) is 15.2. The molecule has 2 bridgehead atoms. The highest BCUT2D eigenvalue weighted by Crippen LogP contribution is 2.46. The van der Waals surface area contributed by atoms with E-state index in [1.54, 1.807) is 6.07 Å². The number of aromatic nitrogens is 2. The van der Waals surface area contributed by atoms with Gasteiger partial charge in [0.15, 0.2) is 0 Å². The molecular weight excluding hydrogens is 329 g/mol. The number of aryl methyl sites for hydroxylation is 1. The van der Waals surface area contributed by atoms with Crippen LogP contribution < -0.4 is 0 Å². The summed E-state index contributed by atoms with van der Waals surface area (Å²) in [5, 5.41) is 15.8. The average molecular weight is 355 g/mol. The standard InChI is InChI=1S/C21H26FN3O/c1-3-9-24-13-16(15(2)23-24)14-25-19-7-8-20(25)12-21(26,11-19)17-5-4-6-18(22)10-17/h3-6,10,13,19-20,26H,1,7-9,11-12,14H2,2H3. The number of aliphatic hydroxyl groups is 1. The van der Waals surface area contributed by atoms with Gasteiger partial charge in [0.25, 0.3) is 0 Å². The third-order valence-electron chi connectivity index (χ3n) is 6.00. The van der Waals surface area contributed by atoms with E-state index < -0.39 is 5.60 Å². The minimum atomic E-state index is -0.924. The number of halogens is 1. The van der Waals surface area contributed by atoms with Crippen LogP contribution in [0.15, 0.2) is 43.1 Å². The molecule has 2 unspecified atom stereocenters. The van der Waals surface area contributed by atoms with Crippen LogP contribution in [0.2, 0.25) is 0 Å². The first-order valence-corrected chi connectivity index (χ1v) is 9.36. The Kier molecular flexibility index (Phi) is 4.45. The normalized spacial score (nSPS) is 28.4. The SMILES string of the molecule is C=CCn1cc(CN2C3CCC2CC(O)(c2cccc(F)c2)C3)c(C)n1. The predicted octanol–water partition coefficient (Wildman–Crippen LogP) is 3.53. The molecule has 4 rings (SSSR count). The van der Waals surface area contributed by atoms with Crippen molar-refractivity contribution in [2.75, 3.05) is 0 Å². The van der Waals surface area contributed by atoms with Gasteiger partial charge < -0.3 is 5.11 Å². The Morgan fingerprint density at radius 1 is 1.35 bits per heavy atom. The Balaban J connectivity index is 1.53. The van der Waals surface area contributed by atoms with Gasteiger partial charge in [0.2, 0.25) is 0 Å². The second-order valence-electron chi connectivity index (χ2n) is 7.76. The maximum atomic E-state index is 13.6. The van der Waals surface area contributed by atoms with E-state index in [4.69, 9.17) is 0 Å². The minimum Gasteiger partial charge on any atom is -0.385 e. The van der Waals surface area contributed by atoms with Crippen molar-refractivity contribution >= 4 is 0 Å². The van der Waals surface area contributed by atoms with E-state index in [0.29, 0.717) is 37.0 Å². The van der Waals surface area contributed by atoms with Gasteiger partial charge in [-0.1, -0.05) is 18.2 Å². The molecule has 4 nitrogen and oxygen atoms in total. The molecule has 2 aliphatic heterocycles. The first-order chi connectivity index (χ1) is 12.5. The van der Waals surface area contributed by atoms with E-state index in [0.717, 1.165) is 25.1 Å². The van der Waals surface area contributed by atoms with Gasteiger partial charge in [0.1, 0.15) is 5.82 Å². The van der Waals surface area contributed by atoms with Crippen molar-refractivity contribution in [3.63, 3.8) is 0 Å². The molecule has 0 amide bonds. The number of rotatable bonds is 5. The van der Waals surface area contributed by atoms with Crippen LogP contribution in [0.25, 0.3) is 0 Å². The third-order valence-corrected chi connectivity index (χ3v) is 6.00. The summed E-state index contributed by atoms with van der Waals surface area (Å²) >= 11 is 0. The fourth-order valence-corrected chi connectivity index (χ4v) is 4.72. The first-order valence-electron chi connectivity index (χ1n) is 9.36. The molecule has 2 atom stereocenters. The number of allylic oxidation sites excluding steroid dienone is 1. The first kappa shape index (κ1) is 17.4. The number of benzene rings is 1. The summed E-state index contributed by atoms with van der Waals surface area (Å²) in [5.74, 6) is -0.282. The molecule has 2 aliphatic rings. The monoisotopic (exact) mass is 355 g/mol. The van der Waals surface area contributed by atoms with Gasteiger partial charge in [-0.2, -0.15) is 5.10 Å². The van der Waals surface area contributed by atoms with E-state index in [9.17, 15) is 9.50 Å². The van der Waals surface area contributed by atoms with Gasteiger partial charge in [0, 0.05) is 30.4 Å². The second-order valence-corrected chi connectivity index (χ2v) is 7.76. The molecule has 0 saturated carbocycles. The van der Waals surface area contributed by atoms with Crippen LogP contribution >= 0.6 is 0 Å². The Bertz CT molecular complexity index is 801. The van der Waals surface area contributed by atoms with E-state index in [2.05, 4.69) is 22.8 Å². The fourth-order valence-electron chi connectivity index (χ4n) is 4.72. The van der Waals surface area contributed by atoms with Crippen molar-refractivity contribution < 1.29 is 9.50 Å². The van der Waals surface area contributed by atoms with Crippen molar-refractivity contribution in [1.29, 1.82) is 0 Å². The molecule has 2 saturated heterocycles. The van der Waals surface area contributed by atoms with Gasteiger partial charge in [-0.3, -0.25) is 9.58 Å². The topological polar surface area (TPSA) is 41.3 Å². The van der Waals surface area contributed by atoms with Gasteiger partial charge in [-0.15, -0.1) is 6.58 Å². The Labute approximate surface area is 153 Å². The number of fused-ring (bicyclic) bond motifs is 2. The molecule has 3 heterocycles. The number of hydrogen-bond acceptors (Lipinski definition) is 3. The summed E-state index contributed by atoms with van der Waals surface area (Å²) in [6.45, 7) is 7.39. The van der Waals surface area contributed by atoms with E-state index >= 15 is 0 Å². The molecular formula is C21H26FN3O. The van der Waals surface area contributed by atoms with Crippen LogP contribution in [0.3, 0.4) is 0 Å². The summed E-state index contributed by atoms with van der Waals surface area (Å²) in [6.07, 6.45) is 7.44.